The molecule has 0 bridgehead atoms. The fraction of sp³-hybridized carbons (Fsp3) is 0.364. The normalized spacial score (nSPS) is 11.7. The van der Waals surface area contributed by atoms with Crippen molar-refractivity contribution in [3.05, 3.63) is 29.8 Å². The number of aromatic nitrogens is 1. The first-order chi connectivity index (χ1) is 8.04. The lowest BCUT2D eigenvalue weighted by atomic mass is 10.3. The van der Waals surface area contributed by atoms with Crippen molar-refractivity contribution < 1.29 is 18.7 Å². The summed E-state index contributed by atoms with van der Waals surface area (Å²) in [6, 6.07) is 3.06. The summed E-state index contributed by atoms with van der Waals surface area (Å²) in [6.45, 7) is 3.38. The van der Waals surface area contributed by atoms with E-state index in [1.165, 1.54) is 19.1 Å². The number of hydrogen-bond acceptors (Lipinski definition) is 4. The van der Waals surface area contributed by atoms with Gasteiger partial charge in [0.2, 0.25) is 5.95 Å². The van der Waals surface area contributed by atoms with Crippen molar-refractivity contribution in [3.63, 3.8) is 0 Å². The van der Waals surface area contributed by atoms with Gasteiger partial charge in [-0.1, -0.05) is 6.07 Å². The molecule has 0 spiro atoms. The predicted molar refractivity (Wildman–Crippen MR) is 57.8 cm³/mol. The Morgan fingerprint density at radius 1 is 1.53 bits per heavy atom. The molecular formula is C11H13FN2O3. The topological polar surface area (TPSA) is 68.3 Å². The molecule has 1 unspecified atom stereocenters. The van der Waals surface area contributed by atoms with Gasteiger partial charge < -0.3 is 10.1 Å². The molecular weight excluding hydrogens is 227 g/mol. The van der Waals surface area contributed by atoms with Gasteiger partial charge in [0, 0.05) is 0 Å². The number of carbonyl (C=O) groups excluding carboxylic acids is 2. The lowest BCUT2D eigenvalue weighted by molar-refractivity contribution is -0.144. The maximum atomic E-state index is 12.8. The molecule has 1 atom stereocenters. The van der Waals surface area contributed by atoms with Crippen molar-refractivity contribution in [3.8, 4) is 0 Å². The van der Waals surface area contributed by atoms with E-state index in [4.69, 9.17) is 4.74 Å². The van der Waals surface area contributed by atoms with Crippen LogP contribution in [0.15, 0.2) is 18.2 Å². The molecule has 5 nitrogen and oxygen atoms in total. The second-order valence-corrected chi connectivity index (χ2v) is 3.29. The van der Waals surface area contributed by atoms with Gasteiger partial charge in [-0.05, 0) is 26.0 Å². The third kappa shape index (κ3) is 3.82. The second kappa shape index (κ2) is 5.93. The van der Waals surface area contributed by atoms with Gasteiger partial charge in [0.25, 0.3) is 5.91 Å². The fourth-order valence-corrected chi connectivity index (χ4v) is 1.13. The SMILES string of the molecule is CCOC(=O)C(C)NC(=O)c1cccc(F)n1. The summed E-state index contributed by atoms with van der Waals surface area (Å²) in [5.41, 5.74) is -0.0823. The number of nitrogens with zero attached hydrogens (tertiary/aromatic N) is 1. The van der Waals surface area contributed by atoms with E-state index in [1.807, 2.05) is 0 Å². The first-order valence-corrected chi connectivity index (χ1v) is 5.14. The van der Waals surface area contributed by atoms with E-state index in [9.17, 15) is 14.0 Å². The average molecular weight is 240 g/mol. The molecule has 1 aromatic rings. The number of carbonyl (C=O) groups is 2. The van der Waals surface area contributed by atoms with Crippen molar-refractivity contribution in [2.24, 2.45) is 0 Å². The van der Waals surface area contributed by atoms with Gasteiger partial charge in [0.1, 0.15) is 11.7 Å². The van der Waals surface area contributed by atoms with E-state index >= 15 is 0 Å². The van der Waals surface area contributed by atoms with Crippen LogP contribution in [0.2, 0.25) is 0 Å². The predicted octanol–water partition coefficient (Wildman–Crippen LogP) is 0.902. The number of hydrogen-bond donors (Lipinski definition) is 1. The Labute approximate surface area is 98.0 Å². The molecule has 1 rings (SSSR count). The molecule has 0 aliphatic rings. The Bertz CT molecular complexity index is 423. The third-order valence-electron chi connectivity index (χ3n) is 1.94. The van der Waals surface area contributed by atoms with Crippen LogP contribution in [0.1, 0.15) is 24.3 Å². The largest absolute Gasteiger partial charge is 0.464 e. The van der Waals surface area contributed by atoms with Crippen LogP contribution in [0.5, 0.6) is 0 Å². The number of pyridine rings is 1. The highest BCUT2D eigenvalue weighted by molar-refractivity contribution is 5.94. The van der Waals surface area contributed by atoms with Gasteiger partial charge in [0.05, 0.1) is 6.61 Å². The van der Waals surface area contributed by atoms with Crippen LogP contribution in [0, 0.1) is 5.95 Å². The fourth-order valence-electron chi connectivity index (χ4n) is 1.13. The maximum absolute atomic E-state index is 12.8. The van der Waals surface area contributed by atoms with E-state index in [0.29, 0.717) is 0 Å². The zero-order chi connectivity index (χ0) is 12.8. The van der Waals surface area contributed by atoms with Gasteiger partial charge >= 0.3 is 5.97 Å². The Morgan fingerprint density at radius 3 is 2.82 bits per heavy atom. The number of rotatable bonds is 4. The third-order valence-corrected chi connectivity index (χ3v) is 1.94. The molecule has 0 saturated heterocycles. The molecule has 1 heterocycles. The van der Waals surface area contributed by atoms with Crippen LogP contribution in [0.4, 0.5) is 4.39 Å². The highest BCUT2D eigenvalue weighted by Gasteiger charge is 2.18. The van der Waals surface area contributed by atoms with Crippen LogP contribution < -0.4 is 5.32 Å². The number of halogens is 1. The number of ether oxygens (including phenoxy) is 1. The molecule has 0 radical (unpaired) electrons. The summed E-state index contributed by atoms with van der Waals surface area (Å²) in [4.78, 5) is 26.2. The van der Waals surface area contributed by atoms with Crippen LogP contribution in [0.3, 0.4) is 0 Å². The summed E-state index contributed by atoms with van der Waals surface area (Å²) in [5, 5.41) is 2.37. The number of amides is 1. The van der Waals surface area contributed by atoms with Crippen molar-refractivity contribution in [1.29, 1.82) is 0 Å². The average Bonchev–Trinajstić information content (AvgIpc) is 2.29. The minimum atomic E-state index is -0.799. The van der Waals surface area contributed by atoms with Crippen molar-refractivity contribution >= 4 is 11.9 Å². The lowest BCUT2D eigenvalue weighted by Crippen LogP contribution is -2.39. The smallest absolute Gasteiger partial charge is 0.328 e. The van der Waals surface area contributed by atoms with E-state index in [-0.39, 0.29) is 12.3 Å². The van der Waals surface area contributed by atoms with Crippen LogP contribution in [-0.2, 0) is 9.53 Å². The van der Waals surface area contributed by atoms with Crippen molar-refractivity contribution in [2.45, 2.75) is 19.9 Å². The van der Waals surface area contributed by atoms with E-state index < -0.39 is 23.9 Å². The summed E-state index contributed by atoms with van der Waals surface area (Å²) < 4.78 is 17.5. The van der Waals surface area contributed by atoms with Gasteiger partial charge in [-0.25, -0.2) is 9.78 Å². The highest BCUT2D eigenvalue weighted by Crippen LogP contribution is 1.99. The molecule has 92 valence electrons. The molecule has 1 amide bonds. The molecule has 0 aromatic carbocycles. The Kier molecular flexibility index (Phi) is 4.56. The van der Waals surface area contributed by atoms with Gasteiger partial charge in [0.15, 0.2) is 0 Å². The first-order valence-electron chi connectivity index (χ1n) is 5.14. The zero-order valence-corrected chi connectivity index (χ0v) is 9.57. The highest BCUT2D eigenvalue weighted by atomic mass is 19.1. The molecule has 1 N–H and O–H groups in total. The monoisotopic (exact) mass is 240 g/mol. The summed E-state index contributed by atoms with van der Waals surface area (Å²) >= 11 is 0. The Morgan fingerprint density at radius 2 is 2.24 bits per heavy atom. The van der Waals surface area contributed by atoms with Crippen molar-refractivity contribution in [1.82, 2.24) is 10.3 Å². The second-order valence-electron chi connectivity index (χ2n) is 3.29. The summed E-state index contributed by atoms with van der Waals surface area (Å²) in [5.74, 6) is -1.91. The Hall–Kier alpha value is -1.98. The van der Waals surface area contributed by atoms with E-state index in [2.05, 4.69) is 10.3 Å². The molecule has 0 aliphatic carbocycles. The van der Waals surface area contributed by atoms with Crippen molar-refractivity contribution in [2.75, 3.05) is 6.61 Å². The molecule has 0 aliphatic heterocycles. The van der Waals surface area contributed by atoms with Crippen LogP contribution in [-0.4, -0.2) is 29.5 Å². The summed E-state index contributed by atoms with van der Waals surface area (Å²) in [7, 11) is 0. The molecule has 0 fully saturated rings. The number of nitrogens with one attached hydrogen (secondary N) is 1. The quantitative estimate of drug-likeness (QED) is 0.627. The first kappa shape index (κ1) is 13.1. The lowest BCUT2D eigenvalue weighted by Gasteiger charge is -2.11. The number of esters is 1. The van der Waals surface area contributed by atoms with Gasteiger partial charge in [-0.3, -0.25) is 4.79 Å². The van der Waals surface area contributed by atoms with Crippen LogP contribution >= 0.6 is 0 Å². The van der Waals surface area contributed by atoms with E-state index in [0.717, 1.165) is 6.07 Å². The van der Waals surface area contributed by atoms with Crippen LogP contribution in [0.25, 0.3) is 0 Å². The zero-order valence-electron chi connectivity index (χ0n) is 9.57. The van der Waals surface area contributed by atoms with Gasteiger partial charge in [-0.15, -0.1) is 0 Å². The maximum Gasteiger partial charge on any atom is 0.328 e. The standard InChI is InChI=1S/C11H13FN2O3/c1-3-17-11(16)7(2)13-10(15)8-5-4-6-9(12)14-8/h4-7H,3H2,1-2H3,(H,13,15). The molecule has 1 aromatic heterocycles. The minimum absolute atomic E-state index is 0.0823. The minimum Gasteiger partial charge on any atom is -0.464 e. The Balaban J connectivity index is 2.63. The molecule has 6 heteroatoms. The molecule has 0 saturated carbocycles. The van der Waals surface area contributed by atoms with E-state index in [1.54, 1.807) is 6.92 Å². The summed E-state index contributed by atoms with van der Waals surface area (Å²) in [6.07, 6.45) is 0. The molecule has 17 heavy (non-hydrogen) atoms. The van der Waals surface area contributed by atoms with Gasteiger partial charge in [-0.2, -0.15) is 4.39 Å².